The van der Waals surface area contributed by atoms with Crippen LogP contribution in [0.3, 0.4) is 0 Å². The molecule has 41 heavy (non-hydrogen) atoms. The Morgan fingerprint density at radius 1 is 1.12 bits per heavy atom. The van der Waals surface area contributed by atoms with Crippen molar-refractivity contribution in [2.75, 3.05) is 51.8 Å². The van der Waals surface area contributed by atoms with E-state index in [1.807, 2.05) is 61.5 Å². The molecule has 1 saturated heterocycles. The Kier molecular flexibility index (Phi) is 9.99. The first-order valence-electron chi connectivity index (χ1n) is 14.9. The molecule has 0 aliphatic carbocycles. The average Bonchev–Trinajstić information content (AvgIpc) is 3.44. The molecule has 2 N–H and O–H groups in total. The number of amides is 1. The number of carbonyl (C=O) groups is 1. The number of hydrogen-bond donors (Lipinski definition) is 2. The minimum atomic E-state index is 0.0541. The minimum Gasteiger partial charge on any atom is -0.381 e. The number of aromatic nitrogens is 3. The summed E-state index contributed by atoms with van der Waals surface area (Å²) in [5, 5.41) is 3.65. The summed E-state index contributed by atoms with van der Waals surface area (Å²) in [7, 11) is 1.90. The normalized spacial score (nSPS) is 15.2. The number of aromatic amines is 1. The van der Waals surface area contributed by atoms with Crippen LogP contribution in [-0.2, 0) is 11.2 Å². The lowest BCUT2D eigenvalue weighted by atomic mass is 9.95. The molecular formula is C33H42N6O2. The third kappa shape index (κ3) is 7.71. The predicted octanol–water partition coefficient (Wildman–Crippen LogP) is 5.36. The number of para-hydroxylation sites is 1. The Hall–Kier alpha value is -3.75. The van der Waals surface area contributed by atoms with E-state index in [1.165, 1.54) is 11.1 Å². The highest BCUT2D eigenvalue weighted by Crippen LogP contribution is 2.24. The number of piperidine rings is 1. The van der Waals surface area contributed by atoms with Gasteiger partial charge in [-0.15, -0.1) is 0 Å². The van der Waals surface area contributed by atoms with E-state index in [0.717, 1.165) is 74.5 Å². The third-order valence-electron chi connectivity index (χ3n) is 8.06. The zero-order valence-corrected chi connectivity index (χ0v) is 24.3. The number of likely N-dealkylation sites (N-methyl/N-ethyl adjacent to an activating group) is 1. The summed E-state index contributed by atoms with van der Waals surface area (Å²) in [6.07, 6.45) is 7.73. The van der Waals surface area contributed by atoms with Crippen molar-refractivity contribution in [3.8, 4) is 0 Å². The Bertz CT molecular complexity index is 1370. The Balaban J connectivity index is 1.14. The summed E-state index contributed by atoms with van der Waals surface area (Å²) in [4.78, 5) is 30.1. The van der Waals surface area contributed by atoms with Crippen molar-refractivity contribution in [1.82, 2.24) is 24.8 Å². The number of carbonyl (C=O) groups excluding carboxylic acids is 1. The largest absolute Gasteiger partial charge is 0.381 e. The first kappa shape index (κ1) is 28.8. The standard InChI is InChI=1S/C33H42N6O2/c1-3-41-22-17-25-11-7-13-30-31(25)37-33(36-30)35-29-15-20-39(21-16-29)19-14-28(27-12-8-18-34-23-27)24-38(2)32(40)26-9-5-4-6-10-26/h4-13,18,23,28-29H,3,14-17,19-22,24H2,1-2H3,(H2,35,36,37). The molecule has 4 aromatic rings. The highest BCUT2D eigenvalue weighted by molar-refractivity contribution is 5.94. The van der Waals surface area contributed by atoms with Crippen molar-refractivity contribution >= 4 is 22.9 Å². The number of likely N-dealkylation sites (tertiary alicyclic amines) is 1. The van der Waals surface area contributed by atoms with E-state index in [-0.39, 0.29) is 11.8 Å². The van der Waals surface area contributed by atoms with Gasteiger partial charge in [0.25, 0.3) is 5.91 Å². The zero-order valence-electron chi connectivity index (χ0n) is 24.3. The quantitative estimate of drug-likeness (QED) is 0.217. The first-order chi connectivity index (χ1) is 20.1. The monoisotopic (exact) mass is 554 g/mol. The molecule has 1 aliphatic rings. The van der Waals surface area contributed by atoms with Crippen molar-refractivity contribution in [3.05, 3.63) is 89.7 Å². The molecule has 216 valence electrons. The summed E-state index contributed by atoms with van der Waals surface area (Å²) < 4.78 is 5.55. The molecule has 2 aromatic carbocycles. The SMILES string of the molecule is CCOCCc1cccc2[nH]c(NC3CCN(CCC(CN(C)C(=O)c4ccccc4)c4cccnc4)CC3)nc12. The second-order valence-electron chi connectivity index (χ2n) is 10.9. The van der Waals surface area contributed by atoms with Crippen LogP contribution in [0.1, 0.15) is 53.6 Å². The maximum absolute atomic E-state index is 13.0. The molecule has 0 bridgehead atoms. The van der Waals surface area contributed by atoms with Crippen LogP contribution in [0.15, 0.2) is 73.1 Å². The number of nitrogens with zero attached hydrogens (tertiary/aromatic N) is 4. The van der Waals surface area contributed by atoms with E-state index in [2.05, 4.69) is 44.5 Å². The summed E-state index contributed by atoms with van der Waals surface area (Å²) >= 11 is 0. The Morgan fingerprint density at radius 3 is 2.71 bits per heavy atom. The van der Waals surface area contributed by atoms with Gasteiger partial charge in [0.05, 0.1) is 17.6 Å². The van der Waals surface area contributed by atoms with Gasteiger partial charge in [0, 0.05) is 63.2 Å². The van der Waals surface area contributed by atoms with Crippen LogP contribution >= 0.6 is 0 Å². The number of hydrogen-bond acceptors (Lipinski definition) is 6. The maximum Gasteiger partial charge on any atom is 0.253 e. The van der Waals surface area contributed by atoms with Crippen molar-refractivity contribution in [2.24, 2.45) is 0 Å². The predicted molar refractivity (Wildman–Crippen MR) is 164 cm³/mol. The molecule has 0 spiro atoms. The van der Waals surface area contributed by atoms with Gasteiger partial charge in [0.2, 0.25) is 5.95 Å². The molecule has 1 unspecified atom stereocenters. The van der Waals surface area contributed by atoms with Crippen LogP contribution in [0.2, 0.25) is 0 Å². The second-order valence-corrected chi connectivity index (χ2v) is 10.9. The number of rotatable bonds is 13. The van der Waals surface area contributed by atoms with Gasteiger partial charge in [-0.2, -0.15) is 0 Å². The van der Waals surface area contributed by atoms with Gasteiger partial charge >= 0.3 is 0 Å². The number of imidazole rings is 1. The van der Waals surface area contributed by atoms with Crippen molar-refractivity contribution in [3.63, 3.8) is 0 Å². The Labute approximate surface area is 243 Å². The number of anilines is 1. The molecule has 3 heterocycles. The van der Waals surface area contributed by atoms with Gasteiger partial charge in [0.1, 0.15) is 0 Å². The fourth-order valence-electron chi connectivity index (χ4n) is 5.72. The maximum atomic E-state index is 13.0. The van der Waals surface area contributed by atoms with E-state index < -0.39 is 0 Å². The van der Waals surface area contributed by atoms with Crippen LogP contribution in [0.25, 0.3) is 11.0 Å². The van der Waals surface area contributed by atoms with E-state index in [4.69, 9.17) is 9.72 Å². The van der Waals surface area contributed by atoms with Crippen molar-refractivity contribution < 1.29 is 9.53 Å². The second kappa shape index (κ2) is 14.2. The molecule has 1 atom stereocenters. The topological polar surface area (TPSA) is 86.4 Å². The van der Waals surface area contributed by atoms with Gasteiger partial charge in [-0.1, -0.05) is 36.4 Å². The van der Waals surface area contributed by atoms with Gasteiger partial charge < -0.3 is 24.8 Å². The molecule has 8 heteroatoms. The van der Waals surface area contributed by atoms with Crippen LogP contribution < -0.4 is 5.32 Å². The number of ether oxygens (including phenoxy) is 1. The number of benzene rings is 2. The molecular weight excluding hydrogens is 512 g/mol. The van der Waals surface area contributed by atoms with Crippen LogP contribution in [0.5, 0.6) is 0 Å². The van der Waals surface area contributed by atoms with Crippen LogP contribution in [-0.4, -0.2) is 83.1 Å². The van der Waals surface area contributed by atoms with E-state index >= 15 is 0 Å². The highest BCUT2D eigenvalue weighted by Gasteiger charge is 2.23. The number of nitrogens with one attached hydrogen (secondary N) is 2. The first-order valence-corrected chi connectivity index (χ1v) is 14.9. The minimum absolute atomic E-state index is 0.0541. The summed E-state index contributed by atoms with van der Waals surface area (Å²) in [6, 6.07) is 20.3. The lowest BCUT2D eigenvalue weighted by Gasteiger charge is -2.33. The molecule has 1 amide bonds. The summed E-state index contributed by atoms with van der Waals surface area (Å²) in [6.45, 7) is 7.20. The van der Waals surface area contributed by atoms with Crippen LogP contribution in [0.4, 0.5) is 5.95 Å². The van der Waals surface area contributed by atoms with E-state index in [9.17, 15) is 4.79 Å². The number of fused-ring (bicyclic) bond motifs is 1. The Morgan fingerprint density at radius 2 is 1.95 bits per heavy atom. The van der Waals surface area contributed by atoms with Crippen molar-refractivity contribution in [1.29, 1.82) is 0 Å². The van der Waals surface area contributed by atoms with E-state index in [1.54, 1.807) is 6.20 Å². The highest BCUT2D eigenvalue weighted by atomic mass is 16.5. The number of pyridine rings is 1. The molecule has 0 radical (unpaired) electrons. The smallest absolute Gasteiger partial charge is 0.253 e. The fourth-order valence-corrected chi connectivity index (χ4v) is 5.72. The number of H-pyrrole nitrogens is 1. The average molecular weight is 555 g/mol. The third-order valence-corrected chi connectivity index (χ3v) is 8.06. The van der Waals surface area contributed by atoms with Gasteiger partial charge in [-0.3, -0.25) is 9.78 Å². The molecule has 5 rings (SSSR count). The summed E-state index contributed by atoms with van der Waals surface area (Å²) in [5.74, 6) is 1.13. The molecule has 1 aliphatic heterocycles. The molecule has 8 nitrogen and oxygen atoms in total. The zero-order chi connectivity index (χ0) is 28.4. The molecule has 0 saturated carbocycles. The lowest BCUT2D eigenvalue weighted by molar-refractivity contribution is 0.0781. The molecule has 2 aromatic heterocycles. The van der Waals surface area contributed by atoms with Gasteiger partial charge in [0.15, 0.2) is 0 Å². The summed E-state index contributed by atoms with van der Waals surface area (Å²) in [5.41, 5.74) is 5.22. The molecule has 1 fully saturated rings. The fraction of sp³-hybridized carbons (Fsp3) is 0.424. The van der Waals surface area contributed by atoms with Crippen LogP contribution in [0, 0.1) is 0 Å². The van der Waals surface area contributed by atoms with E-state index in [0.29, 0.717) is 19.2 Å². The van der Waals surface area contributed by atoms with Gasteiger partial charge in [-0.25, -0.2) is 4.98 Å². The van der Waals surface area contributed by atoms with Gasteiger partial charge in [-0.05, 0) is 74.5 Å². The lowest BCUT2D eigenvalue weighted by Crippen LogP contribution is -2.40. The van der Waals surface area contributed by atoms with Crippen molar-refractivity contribution in [2.45, 2.75) is 44.6 Å².